The van der Waals surface area contributed by atoms with Crippen molar-refractivity contribution >= 4 is 17.3 Å². The number of aryl methyl sites for hydroxylation is 2. The summed E-state index contributed by atoms with van der Waals surface area (Å²) in [4.78, 5) is 15.3. The molecule has 29 heavy (non-hydrogen) atoms. The van der Waals surface area contributed by atoms with Crippen molar-refractivity contribution in [3.63, 3.8) is 0 Å². The topological polar surface area (TPSA) is 88.9 Å². The highest BCUT2D eigenvalue weighted by atomic mass is 32.1. The van der Waals surface area contributed by atoms with Gasteiger partial charge in [0, 0.05) is 17.7 Å². The molecule has 7 heteroatoms. The molecule has 1 aliphatic carbocycles. The molecule has 0 spiro atoms. The van der Waals surface area contributed by atoms with E-state index in [4.69, 9.17) is 14.6 Å². The minimum Gasteiger partial charge on any atom is -0.493 e. The molecule has 1 saturated heterocycles. The van der Waals surface area contributed by atoms with Crippen molar-refractivity contribution < 1.29 is 24.5 Å². The number of aliphatic hydroxyl groups excluding tert-OH is 1. The number of thiazole rings is 1. The zero-order chi connectivity index (χ0) is 20.5. The molecule has 5 atom stereocenters. The monoisotopic (exact) mass is 417 g/mol. The quantitative estimate of drug-likeness (QED) is 0.738. The van der Waals surface area contributed by atoms with Gasteiger partial charge in [0.2, 0.25) is 0 Å². The van der Waals surface area contributed by atoms with Crippen LogP contribution in [0.1, 0.15) is 58.9 Å². The van der Waals surface area contributed by atoms with Gasteiger partial charge in [0.05, 0.1) is 18.8 Å². The molecular weight excluding hydrogens is 390 g/mol. The van der Waals surface area contributed by atoms with Crippen molar-refractivity contribution in [2.75, 3.05) is 6.61 Å². The Morgan fingerprint density at radius 2 is 2.21 bits per heavy atom. The standard InChI is InChI=1S/C22H27NO5S/c1-3-13-8-14(5-4-12(13)2)27-10-16-15-6-7-19(28-20(15)9-18(16)24)21-23-17(11-29-21)22(25)26/h4-5,8,11,15-16,18-20,24H,3,6-7,9-10H2,1-2H3,(H,25,26)/t15-,16-,18+,19-,20+/m1/s1. The fourth-order valence-electron chi connectivity index (χ4n) is 4.59. The number of hydrogen-bond acceptors (Lipinski definition) is 6. The SMILES string of the molecule is CCc1cc(OC[C@@H]2[C@H]3CC[C@H](c4nc(C(=O)O)cs4)O[C@H]3C[C@@H]2O)ccc1C. The van der Waals surface area contributed by atoms with Gasteiger partial charge in [0.1, 0.15) is 16.9 Å². The van der Waals surface area contributed by atoms with Gasteiger partial charge in [-0.2, -0.15) is 0 Å². The zero-order valence-corrected chi connectivity index (χ0v) is 17.5. The van der Waals surface area contributed by atoms with Gasteiger partial charge in [0.15, 0.2) is 5.69 Å². The van der Waals surface area contributed by atoms with Crippen LogP contribution in [0.4, 0.5) is 0 Å². The van der Waals surface area contributed by atoms with Crippen LogP contribution in [0.2, 0.25) is 0 Å². The summed E-state index contributed by atoms with van der Waals surface area (Å²) in [5.74, 6) is 0.119. The highest BCUT2D eigenvalue weighted by molar-refractivity contribution is 7.09. The minimum absolute atomic E-state index is 0.0400. The summed E-state index contributed by atoms with van der Waals surface area (Å²) in [6, 6.07) is 6.16. The Labute approximate surface area is 174 Å². The maximum atomic E-state index is 11.1. The second-order valence-electron chi connectivity index (χ2n) is 8.00. The van der Waals surface area contributed by atoms with Gasteiger partial charge in [-0.3, -0.25) is 0 Å². The van der Waals surface area contributed by atoms with Crippen LogP contribution in [-0.4, -0.2) is 40.0 Å². The number of nitrogens with zero attached hydrogens (tertiary/aromatic N) is 1. The number of aromatic carboxylic acids is 1. The zero-order valence-electron chi connectivity index (χ0n) is 16.7. The third kappa shape index (κ3) is 4.17. The molecule has 2 aromatic rings. The van der Waals surface area contributed by atoms with E-state index < -0.39 is 12.1 Å². The average molecular weight is 418 g/mol. The summed E-state index contributed by atoms with van der Waals surface area (Å²) >= 11 is 1.33. The number of benzene rings is 1. The lowest BCUT2D eigenvalue weighted by atomic mass is 9.87. The number of ether oxygens (including phenoxy) is 2. The van der Waals surface area contributed by atoms with Crippen LogP contribution in [0.3, 0.4) is 0 Å². The van der Waals surface area contributed by atoms with E-state index in [1.807, 2.05) is 6.07 Å². The molecule has 2 N–H and O–H groups in total. The first kappa shape index (κ1) is 20.3. The number of carboxylic acids is 1. The summed E-state index contributed by atoms with van der Waals surface area (Å²) in [5.41, 5.74) is 2.61. The molecular formula is C22H27NO5S. The molecule has 0 radical (unpaired) electrons. The minimum atomic E-state index is -1.02. The van der Waals surface area contributed by atoms with E-state index in [2.05, 4.69) is 31.0 Å². The summed E-state index contributed by atoms with van der Waals surface area (Å²) in [5, 5.41) is 22.0. The van der Waals surface area contributed by atoms with Crippen LogP contribution >= 0.6 is 11.3 Å². The van der Waals surface area contributed by atoms with Crippen molar-refractivity contribution in [2.45, 2.75) is 57.8 Å². The second kappa shape index (κ2) is 8.42. The van der Waals surface area contributed by atoms with Gasteiger partial charge in [0.25, 0.3) is 0 Å². The van der Waals surface area contributed by atoms with Crippen LogP contribution in [0.25, 0.3) is 0 Å². The van der Waals surface area contributed by atoms with Gasteiger partial charge in [-0.25, -0.2) is 9.78 Å². The van der Waals surface area contributed by atoms with E-state index in [-0.39, 0.29) is 29.7 Å². The fourth-order valence-corrected chi connectivity index (χ4v) is 5.45. The first-order valence-electron chi connectivity index (χ1n) is 10.2. The summed E-state index contributed by atoms with van der Waals surface area (Å²) in [6.45, 7) is 4.71. The first-order chi connectivity index (χ1) is 14.0. The summed E-state index contributed by atoms with van der Waals surface area (Å²) in [6.07, 6.45) is 2.56. The van der Waals surface area contributed by atoms with E-state index in [1.165, 1.54) is 22.5 Å². The van der Waals surface area contributed by atoms with Crippen molar-refractivity contribution in [1.29, 1.82) is 0 Å². The van der Waals surface area contributed by atoms with Crippen molar-refractivity contribution in [3.05, 3.63) is 45.4 Å². The summed E-state index contributed by atoms with van der Waals surface area (Å²) < 4.78 is 12.3. The van der Waals surface area contributed by atoms with E-state index >= 15 is 0 Å². The van der Waals surface area contributed by atoms with Gasteiger partial charge in [-0.05, 0) is 55.4 Å². The second-order valence-corrected chi connectivity index (χ2v) is 8.89. The lowest BCUT2D eigenvalue weighted by molar-refractivity contribution is -0.0811. The van der Waals surface area contributed by atoms with Crippen LogP contribution in [0.5, 0.6) is 5.75 Å². The van der Waals surface area contributed by atoms with Gasteiger partial charge in [-0.15, -0.1) is 11.3 Å². The highest BCUT2D eigenvalue weighted by Gasteiger charge is 2.47. The van der Waals surface area contributed by atoms with E-state index in [1.54, 1.807) is 5.38 Å². The Kier molecular flexibility index (Phi) is 5.90. The molecule has 4 rings (SSSR count). The number of carbonyl (C=O) groups is 1. The predicted molar refractivity (Wildman–Crippen MR) is 110 cm³/mol. The van der Waals surface area contributed by atoms with E-state index in [0.717, 1.165) is 25.0 Å². The smallest absolute Gasteiger partial charge is 0.355 e. The predicted octanol–water partition coefficient (Wildman–Crippen LogP) is 4.01. The van der Waals surface area contributed by atoms with Gasteiger partial charge >= 0.3 is 5.97 Å². The Bertz CT molecular complexity index is 882. The molecule has 2 aliphatic rings. The molecule has 156 valence electrons. The normalized spacial score (nSPS) is 28.9. The van der Waals surface area contributed by atoms with Crippen molar-refractivity contribution in [1.82, 2.24) is 4.98 Å². The molecule has 1 aliphatic heterocycles. The fraction of sp³-hybridized carbons (Fsp3) is 0.545. The summed E-state index contributed by atoms with van der Waals surface area (Å²) in [7, 11) is 0. The number of hydrogen-bond donors (Lipinski definition) is 2. The van der Waals surface area contributed by atoms with Crippen LogP contribution in [-0.2, 0) is 11.2 Å². The van der Waals surface area contributed by atoms with Crippen LogP contribution < -0.4 is 4.74 Å². The van der Waals surface area contributed by atoms with Crippen LogP contribution in [0.15, 0.2) is 23.6 Å². The largest absolute Gasteiger partial charge is 0.493 e. The first-order valence-corrected chi connectivity index (χ1v) is 11.1. The van der Waals surface area contributed by atoms with Crippen molar-refractivity contribution in [3.8, 4) is 5.75 Å². The molecule has 0 amide bonds. The molecule has 0 bridgehead atoms. The third-order valence-electron chi connectivity index (χ3n) is 6.26. The molecule has 0 unspecified atom stereocenters. The molecule has 6 nitrogen and oxygen atoms in total. The number of rotatable bonds is 6. The lowest BCUT2D eigenvalue weighted by Gasteiger charge is -2.33. The lowest BCUT2D eigenvalue weighted by Crippen LogP contribution is -2.33. The maximum absolute atomic E-state index is 11.1. The number of fused-ring (bicyclic) bond motifs is 1. The Hall–Kier alpha value is -1.96. The van der Waals surface area contributed by atoms with E-state index in [0.29, 0.717) is 18.0 Å². The Balaban J connectivity index is 1.39. The average Bonchev–Trinajstić information content (AvgIpc) is 3.31. The third-order valence-corrected chi connectivity index (χ3v) is 7.19. The molecule has 1 aromatic carbocycles. The number of aromatic nitrogens is 1. The van der Waals surface area contributed by atoms with Gasteiger partial charge in [-0.1, -0.05) is 13.0 Å². The maximum Gasteiger partial charge on any atom is 0.355 e. The number of aliphatic hydroxyl groups is 1. The Morgan fingerprint density at radius 1 is 1.38 bits per heavy atom. The number of carboxylic acid groups (broad SMARTS) is 1. The molecule has 2 heterocycles. The molecule has 2 fully saturated rings. The Morgan fingerprint density at radius 3 is 2.93 bits per heavy atom. The van der Waals surface area contributed by atoms with Crippen LogP contribution in [0, 0.1) is 18.8 Å². The molecule has 1 aromatic heterocycles. The highest BCUT2D eigenvalue weighted by Crippen LogP contribution is 2.46. The molecule has 1 saturated carbocycles. The van der Waals surface area contributed by atoms with Gasteiger partial charge < -0.3 is 19.7 Å². The van der Waals surface area contributed by atoms with E-state index in [9.17, 15) is 9.90 Å². The van der Waals surface area contributed by atoms with Crippen molar-refractivity contribution in [2.24, 2.45) is 11.8 Å².